The Hall–Kier alpha value is -2.92. The Morgan fingerprint density at radius 3 is 2.58 bits per heavy atom. The summed E-state index contributed by atoms with van der Waals surface area (Å²) in [6.45, 7) is 10.3. The molecule has 4 rings (SSSR count). The van der Waals surface area contributed by atoms with Crippen LogP contribution < -0.4 is 5.32 Å². The number of likely N-dealkylation sites (N-methyl/N-ethyl adjacent to an activating group) is 1. The Kier molecular flexibility index (Phi) is 6.99. The number of nitrogens with one attached hydrogen (secondary N) is 1. The minimum Gasteiger partial charge on any atom is -0.358 e. The first-order valence-corrected chi connectivity index (χ1v) is 12.1. The molecule has 2 heterocycles. The lowest BCUT2D eigenvalue weighted by molar-refractivity contribution is -0.127. The van der Waals surface area contributed by atoms with Gasteiger partial charge in [0.15, 0.2) is 0 Å². The van der Waals surface area contributed by atoms with Crippen molar-refractivity contribution in [2.75, 3.05) is 13.6 Å². The number of carbonyl (C=O) groups excluding carboxylic acids is 1. The number of rotatable bonds is 7. The maximum absolute atomic E-state index is 13.2. The van der Waals surface area contributed by atoms with Gasteiger partial charge >= 0.3 is 0 Å². The summed E-state index contributed by atoms with van der Waals surface area (Å²) in [6, 6.07) is 16.7. The molecule has 174 valence electrons. The molecule has 0 bridgehead atoms. The molecular weight excluding hydrogens is 408 g/mol. The second-order valence-corrected chi connectivity index (χ2v) is 9.16. The minimum atomic E-state index is -0.321. The Labute approximate surface area is 197 Å². The standard InChI is InChI=1S/C28H36N4O/c1-6-32-25-16-17-31(27(28(33)29-5)23-10-8-7-9-11-23)24(26(25)21(4)30-32)15-14-22-13-12-19(2)18-20(22)3/h7-13,18,24,27H,6,14-17H2,1-5H3,(H,29,33)/t24?,27-/m1/s1. The van der Waals surface area contributed by atoms with Crippen LogP contribution in [0.25, 0.3) is 0 Å². The molecule has 2 atom stereocenters. The third-order valence-corrected chi connectivity index (χ3v) is 7.05. The number of hydrogen-bond acceptors (Lipinski definition) is 3. The molecule has 0 saturated heterocycles. The molecule has 2 aromatic carbocycles. The Morgan fingerprint density at radius 2 is 1.91 bits per heavy atom. The molecule has 5 heteroatoms. The van der Waals surface area contributed by atoms with Gasteiger partial charge in [-0.05, 0) is 57.2 Å². The van der Waals surface area contributed by atoms with Gasteiger partial charge in [-0.1, -0.05) is 54.1 Å². The van der Waals surface area contributed by atoms with Gasteiger partial charge in [0.2, 0.25) is 5.91 Å². The topological polar surface area (TPSA) is 50.2 Å². The first kappa shape index (κ1) is 23.2. The van der Waals surface area contributed by atoms with Crippen molar-refractivity contribution in [2.24, 2.45) is 0 Å². The van der Waals surface area contributed by atoms with Crippen molar-refractivity contribution in [3.63, 3.8) is 0 Å². The van der Waals surface area contributed by atoms with Crippen molar-refractivity contribution in [2.45, 2.75) is 65.6 Å². The molecular formula is C28H36N4O. The number of aryl methyl sites for hydroxylation is 5. The van der Waals surface area contributed by atoms with E-state index in [2.05, 4.69) is 72.9 Å². The molecule has 3 aromatic rings. The van der Waals surface area contributed by atoms with Gasteiger partial charge in [0, 0.05) is 43.9 Å². The zero-order chi connectivity index (χ0) is 23.5. The summed E-state index contributed by atoms with van der Waals surface area (Å²) in [5, 5.41) is 7.79. The molecule has 33 heavy (non-hydrogen) atoms. The zero-order valence-corrected chi connectivity index (χ0v) is 20.6. The minimum absolute atomic E-state index is 0.0432. The number of benzene rings is 2. The van der Waals surface area contributed by atoms with Gasteiger partial charge in [0.1, 0.15) is 6.04 Å². The predicted molar refractivity (Wildman–Crippen MR) is 133 cm³/mol. The highest BCUT2D eigenvalue weighted by Crippen LogP contribution is 2.40. The Balaban J connectivity index is 1.75. The lowest BCUT2D eigenvalue weighted by atomic mass is 9.88. The van der Waals surface area contributed by atoms with Crippen LogP contribution in [0, 0.1) is 20.8 Å². The average Bonchev–Trinajstić information content (AvgIpc) is 3.15. The third-order valence-electron chi connectivity index (χ3n) is 7.05. The number of nitrogens with zero attached hydrogens (tertiary/aromatic N) is 3. The fourth-order valence-corrected chi connectivity index (χ4v) is 5.46. The van der Waals surface area contributed by atoms with E-state index in [0.717, 1.165) is 43.6 Å². The first-order valence-electron chi connectivity index (χ1n) is 12.1. The highest BCUT2D eigenvalue weighted by Gasteiger charge is 2.39. The van der Waals surface area contributed by atoms with Crippen molar-refractivity contribution in [1.82, 2.24) is 20.0 Å². The van der Waals surface area contributed by atoms with Crippen LogP contribution in [0.5, 0.6) is 0 Å². The highest BCUT2D eigenvalue weighted by molar-refractivity contribution is 5.83. The van der Waals surface area contributed by atoms with E-state index in [1.165, 1.54) is 27.9 Å². The largest absolute Gasteiger partial charge is 0.358 e. The predicted octanol–water partition coefficient (Wildman–Crippen LogP) is 4.85. The summed E-state index contributed by atoms with van der Waals surface area (Å²) in [4.78, 5) is 15.6. The van der Waals surface area contributed by atoms with Crippen LogP contribution in [0.2, 0.25) is 0 Å². The van der Waals surface area contributed by atoms with Crippen molar-refractivity contribution in [3.05, 3.63) is 87.7 Å². The molecule has 0 saturated carbocycles. The van der Waals surface area contributed by atoms with Crippen LogP contribution in [0.15, 0.2) is 48.5 Å². The molecule has 1 aromatic heterocycles. The van der Waals surface area contributed by atoms with Crippen LogP contribution in [0.3, 0.4) is 0 Å². The zero-order valence-electron chi connectivity index (χ0n) is 20.6. The van der Waals surface area contributed by atoms with Crippen LogP contribution >= 0.6 is 0 Å². The van der Waals surface area contributed by atoms with Gasteiger partial charge in [0.25, 0.3) is 0 Å². The smallest absolute Gasteiger partial charge is 0.241 e. The van der Waals surface area contributed by atoms with E-state index >= 15 is 0 Å². The monoisotopic (exact) mass is 444 g/mol. The van der Waals surface area contributed by atoms with E-state index < -0.39 is 0 Å². The summed E-state index contributed by atoms with van der Waals surface area (Å²) < 4.78 is 2.16. The number of hydrogen-bond donors (Lipinski definition) is 1. The molecule has 1 aliphatic rings. The maximum atomic E-state index is 13.2. The second kappa shape index (κ2) is 9.92. The molecule has 0 aliphatic carbocycles. The van der Waals surface area contributed by atoms with Gasteiger partial charge in [-0.3, -0.25) is 14.4 Å². The number of amides is 1. The quantitative estimate of drug-likeness (QED) is 0.567. The molecule has 0 spiro atoms. The molecule has 1 N–H and O–H groups in total. The number of fused-ring (bicyclic) bond motifs is 1. The number of carbonyl (C=O) groups is 1. The molecule has 0 fully saturated rings. The third kappa shape index (κ3) is 4.60. The fraction of sp³-hybridized carbons (Fsp3) is 0.429. The summed E-state index contributed by atoms with van der Waals surface area (Å²) >= 11 is 0. The average molecular weight is 445 g/mol. The van der Waals surface area contributed by atoms with E-state index in [1.807, 2.05) is 18.2 Å². The van der Waals surface area contributed by atoms with Gasteiger partial charge < -0.3 is 5.32 Å². The van der Waals surface area contributed by atoms with E-state index in [4.69, 9.17) is 5.10 Å². The normalized spacial score (nSPS) is 16.9. The number of aromatic nitrogens is 2. The fourth-order valence-electron chi connectivity index (χ4n) is 5.46. The summed E-state index contributed by atoms with van der Waals surface area (Å²) in [5.74, 6) is 0.0432. The summed E-state index contributed by atoms with van der Waals surface area (Å²) in [6.07, 6.45) is 2.83. The van der Waals surface area contributed by atoms with Crippen LogP contribution in [-0.2, 0) is 24.2 Å². The van der Waals surface area contributed by atoms with Crippen molar-refractivity contribution >= 4 is 5.91 Å². The van der Waals surface area contributed by atoms with Gasteiger partial charge in [-0.25, -0.2) is 0 Å². The van der Waals surface area contributed by atoms with Gasteiger partial charge in [-0.15, -0.1) is 0 Å². The molecule has 0 radical (unpaired) electrons. The van der Waals surface area contributed by atoms with Gasteiger partial charge in [-0.2, -0.15) is 5.10 Å². The maximum Gasteiger partial charge on any atom is 0.241 e. The van der Waals surface area contributed by atoms with Crippen molar-refractivity contribution in [1.29, 1.82) is 0 Å². The van der Waals surface area contributed by atoms with E-state index in [9.17, 15) is 4.79 Å². The summed E-state index contributed by atoms with van der Waals surface area (Å²) in [7, 11) is 1.73. The molecule has 1 amide bonds. The van der Waals surface area contributed by atoms with E-state index in [0.29, 0.717) is 0 Å². The van der Waals surface area contributed by atoms with E-state index in [-0.39, 0.29) is 18.0 Å². The first-order chi connectivity index (χ1) is 15.9. The van der Waals surface area contributed by atoms with Crippen molar-refractivity contribution < 1.29 is 4.79 Å². The van der Waals surface area contributed by atoms with Crippen LogP contribution in [0.4, 0.5) is 0 Å². The van der Waals surface area contributed by atoms with E-state index in [1.54, 1.807) is 7.05 Å². The second-order valence-electron chi connectivity index (χ2n) is 9.16. The van der Waals surface area contributed by atoms with Crippen LogP contribution in [-0.4, -0.2) is 34.2 Å². The van der Waals surface area contributed by atoms with Gasteiger partial charge in [0.05, 0.1) is 5.69 Å². The van der Waals surface area contributed by atoms with Crippen molar-refractivity contribution in [3.8, 4) is 0 Å². The Morgan fingerprint density at radius 1 is 1.15 bits per heavy atom. The molecule has 1 aliphatic heterocycles. The molecule has 5 nitrogen and oxygen atoms in total. The lowest BCUT2D eigenvalue weighted by Crippen LogP contribution is -2.45. The Bertz CT molecular complexity index is 1120. The lowest BCUT2D eigenvalue weighted by Gasteiger charge is -2.41. The SMILES string of the molecule is CCn1nc(C)c2c1CCN([C@@H](C(=O)NC)c1ccccc1)C2CCc1ccc(C)cc1C. The molecule has 1 unspecified atom stereocenters. The summed E-state index contributed by atoms with van der Waals surface area (Å²) in [5.41, 5.74) is 8.79. The highest BCUT2D eigenvalue weighted by atomic mass is 16.2. The van der Waals surface area contributed by atoms with Crippen LogP contribution in [0.1, 0.15) is 64.6 Å².